The standard InChI is InChI=1S/C28H35FNO8P/c1-7-35-24(31)23(39(34,36-8-2)37-9-3)18-28(19-13-11-10-12-14-19)21-17-20(29)15-16-22(21)30(25(28)32)26(33)38-27(4,5)6/h10-17,23H,7-9,18H2,1-6H3/t23-,28+/m0/s1. The number of amides is 2. The Balaban J connectivity index is 2.34. The van der Waals surface area contributed by atoms with Crippen LogP contribution in [0, 0.1) is 5.82 Å². The Labute approximate surface area is 228 Å². The van der Waals surface area contributed by atoms with Gasteiger partial charge in [0.05, 0.1) is 25.5 Å². The molecule has 2 aromatic carbocycles. The molecule has 0 fully saturated rings. The van der Waals surface area contributed by atoms with Gasteiger partial charge in [0, 0.05) is 0 Å². The Morgan fingerprint density at radius 3 is 2.15 bits per heavy atom. The Kier molecular flexibility index (Phi) is 9.36. The normalized spacial score (nSPS) is 18.0. The van der Waals surface area contributed by atoms with Crippen LogP contribution in [0.5, 0.6) is 0 Å². The van der Waals surface area contributed by atoms with Crippen LogP contribution in [0.25, 0.3) is 0 Å². The first kappa shape index (κ1) is 30.5. The second kappa shape index (κ2) is 12.0. The lowest BCUT2D eigenvalue weighted by Gasteiger charge is -2.34. The zero-order valence-corrected chi connectivity index (χ0v) is 24.0. The van der Waals surface area contributed by atoms with E-state index in [2.05, 4.69) is 0 Å². The number of imide groups is 1. The molecule has 2 amide bonds. The van der Waals surface area contributed by atoms with Crippen LogP contribution < -0.4 is 4.90 Å². The van der Waals surface area contributed by atoms with Gasteiger partial charge in [-0.25, -0.2) is 14.1 Å². The van der Waals surface area contributed by atoms with Gasteiger partial charge in [0.25, 0.3) is 5.91 Å². The highest BCUT2D eigenvalue weighted by Crippen LogP contribution is 2.60. The molecule has 0 unspecified atom stereocenters. The topological polar surface area (TPSA) is 108 Å². The van der Waals surface area contributed by atoms with Gasteiger partial charge in [-0.3, -0.25) is 14.2 Å². The minimum Gasteiger partial charge on any atom is -0.465 e. The number of ether oxygens (including phenoxy) is 2. The highest BCUT2D eigenvalue weighted by Gasteiger charge is 2.59. The van der Waals surface area contributed by atoms with E-state index in [9.17, 15) is 23.3 Å². The number of hydrogen-bond donors (Lipinski definition) is 0. The molecule has 39 heavy (non-hydrogen) atoms. The Hall–Kier alpha value is -3.07. The van der Waals surface area contributed by atoms with Crippen molar-refractivity contribution in [1.29, 1.82) is 0 Å². The van der Waals surface area contributed by atoms with E-state index >= 15 is 0 Å². The fraction of sp³-hybridized carbons (Fsp3) is 0.464. The zero-order chi connectivity index (χ0) is 29.0. The maximum absolute atomic E-state index is 14.8. The predicted molar refractivity (Wildman–Crippen MR) is 143 cm³/mol. The lowest BCUT2D eigenvalue weighted by atomic mass is 9.72. The van der Waals surface area contributed by atoms with Crippen molar-refractivity contribution in [1.82, 2.24) is 0 Å². The summed E-state index contributed by atoms with van der Waals surface area (Å²) in [5, 5.41) is 0. The van der Waals surface area contributed by atoms with Crippen LogP contribution in [0.3, 0.4) is 0 Å². The fourth-order valence-electron chi connectivity index (χ4n) is 4.70. The van der Waals surface area contributed by atoms with Gasteiger partial charge < -0.3 is 18.5 Å². The third-order valence-electron chi connectivity index (χ3n) is 6.13. The van der Waals surface area contributed by atoms with Crippen LogP contribution >= 0.6 is 7.60 Å². The second-order valence-corrected chi connectivity index (χ2v) is 12.1. The molecule has 1 aliphatic heterocycles. The lowest BCUT2D eigenvalue weighted by Crippen LogP contribution is -2.48. The van der Waals surface area contributed by atoms with Crippen molar-refractivity contribution >= 4 is 31.3 Å². The summed E-state index contributed by atoms with van der Waals surface area (Å²) in [6.45, 7) is 9.60. The van der Waals surface area contributed by atoms with Crippen molar-refractivity contribution in [3.8, 4) is 0 Å². The van der Waals surface area contributed by atoms with Crippen LogP contribution in [0.1, 0.15) is 59.1 Å². The van der Waals surface area contributed by atoms with Gasteiger partial charge in [-0.1, -0.05) is 30.3 Å². The van der Waals surface area contributed by atoms with Crippen molar-refractivity contribution in [2.24, 2.45) is 0 Å². The number of carbonyl (C=O) groups is 3. The van der Waals surface area contributed by atoms with Crippen LogP contribution in [0.15, 0.2) is 48.5 Å². The van der Waals surface area contributed by atoms with E-state index in [0.29, 0.717) is 5.56 Å². The van der Waals surface area contributed by atoms with Crippen LogP contribution in [0.4, 0.5) is 14.9 Å². The van der Waals surface area contributed by atoms with Crippen molar-refractivity contribution in [3.05, 3.63) is 65.5 Å². The molecule has 0 saturated carbocycles. The van der Waals surface area contributed by atoms with Gasteiger partial charge >= 0.3 is 19.7 Å². The Morgan fingerprint density at radius 2 is 1.62 bits per heavy atom. The smallest absolute Gasteiger partial charge is 0.421 e. The summed E-state index contributed by atoms with van der Waals surface area (Å²) in [6, 6.07) is 11.9. The molecule has 2 atom stereocenters. The number of anilines is 1. The van der Waals surface area contributed by atoms with E-state index < -0.39 is 54.5 Å². The molecule has 0 spiro atoms. The molecule has 11 heteroatoms. The first-order valence-corrected chi connectivity index (χ1v) is 14.4. The van der Waals surface area contributed by atoms with E-state index in [1.54, 1.807) is 71.9 Å². The first-order valence-electron chi connectivity index (χ1n) is 12.8. The molecule has 0 aliphatic carbocycles. The summed E-state index contributed by atoms with van der Waals surface area (Å²) < 4.78 is 50.7. The van der Waals surface area contributed by atoms with Gasteiger partial charge in [-0.2, -0.15) is 0 Å². The summed E-state index contributed by atoms with van der Waals surface area (Å²) >= 11 is 0. The summed E-state index contributed by atoms with van der Waals surface area (Å²) in [4.78, 5) is 42.0. The maximum Gasteiger partial charge on any atom is 0.421 e. The van der Waals surface area contributed by atoms with Gasteiger partial charge in [0.1, 0.15) is 16.8 Å². The molecule has 1 aliphatic rings. The third-order valence-corrected chi connectivity index (χ3v) is 8.52. The molecule has 0 radical (unpaired) electrons. The number of carbonyl (C=O) groups excluding carboxylic acids is 3. The van der Waals surface area contributed by atoms with Crippen molar-refractivity contribution in [2.75, 3.05) is 24.7 Å². The molecule has 0 N–H and O–H groups in total. The molecular weight excluding hydrogens is 528 g/mol. The largest absolute Gasteiger partial charge is 0.465 e. The van der Waals surface area contributed by atoms with E-state index in [1.165, 1.54) is 6.07 Å². The molecule has 212 valence electrons. The molecule has 0 bridgehead atoms. The molecule has 0 saturated heterocycles. The molecule has 2 aromatic rings. The summed E-state index contributed by atoms with van der Waals surface area (Å²) in [6.07, 6.45) is -1.45. The number of esters is 1. The number of fused-ring (bicyclic) bond motifs is 1. The van der Waals surface area contributed by atoms with E-state index in [4.69, 9.17) is 18.5 Å². The minimum absolute atomic E-state index is 0.0326. The molecule has 0 aromatic heterocycles. The number of halogens is 1. The first-order chi connectivity index (χ1) is 18.3. The average molecular weight is 564 g/mol. The molecule has 1 heterocycles. The number of benzene rings is 2. The number of nitrogens with zero attached hydrogens (tertiary/aromatic N) is 1. The van der Waals surface area contributed by atoms with E-state index in [1.807, 2.05) is 0 Å². The highest BCUT2D eigenvalue weighted by molar-refractivity contribution is 7.55. The van der Waals surface area contributed by atoms with E-state index in [-0.39, 0.29) is 31.1 Å². The summed E-state index contributed by atoms with van der Waals surface area (Å²) in [5.74, 6) is -2.37. The SMILES string of the molecule is CCOC(=O)[C@H](C[C@]1(c2ccccc2)C(=O)N(C(=O)OC(C)(C)C)c2ccc(F)cc21)P(=O)(OCC)OCC. The predicted octanol–water partition coefficient (Wildman–Crippen LogP) is 5.98. The molecule has 9 nitrogen and oxygen atoms in total. The molecular formula is C28H35FNO8P. The molecule has 3 rings (SSSR count). The highest BCUT2D eigenvalue weighted by atomic mass is 31.2. The quantitative estimate of drug-likeness (QED) is 0.257. The fourth-order valence-corrected chi connectivity index (χ4v) is 6.68. The summed E-state index contributed by atoms with van der Waals surface area (Å²) in [5.41, 5.74) is -3.80. The van der Waals surface area contributed by atoms with Crippen molar-refractivity contribution < 1.29 is 41.9 Å². The number of hydrogen-bond acceptors (Lipinski definition) is 8. The van der Waals surface area contributed by atoms with Gasteiger partial charge in [-0.05, 0) is 77.3 Å². The van der Waals surface area contributed by atoms with E-state index in [0.717, 1.165) is 17.0 Å². The number of rotatable bonds is 10. The Morgan fingerprint density at radius 1 is 1.00 bits per heavy atom. The Bertz CT molecular complexity index is 1250. The van der Waals surface area contributed by atoms with Crippen molar-refractivity contribution in [2.45, 2.75) is 64.6 Å². The van der Waals surface area contributed by atoms with Crippen LogP contribution in [0.2, 0.25) is 0 Å². The lowest BCUT2D eigenvalue weighted by molar-refractivity contribution is -0.143. The minimum atomic E-state index is -4.21. The maximum atomic E-state index is 14.8. The average Bonchev–Trinajstić information content (AvgIpc) is 3.10. The van der Waals surface area contributed by atoms with Gasteiger partial charge in [0.15, 0.2) is 5.66 Å². The van der Waals surface area contributed by atoms with Crippen LogP contribution in [-0.2, 0) is 38.1 Å². The van der Waals surface area contributed by atoms with Crippen LogP contribution in [-0.4, -0.2) is 49.1 Å². The summed E-state index contributed by atoms with van der Waals surface area (Å²) in [7, 11) is -4.21. The third kappa shape index (κ3) is 6.08. The second-order valence-electron chi connectivity index (χ2n) is 9.90. The monoisotopic (exact) mass is 563 g/mol. The zero-order valence-electron chi connectivity index (χ0n) is 23.1. The van der Waals surface area contributed by atoms with Gasteiger partial charge in [0.2, 0.25) is 0 Å². The van der Waals surface area contributed by atoms with Crippen molar-refractivity contribution in [3.63, 3.8) is 0 Å². The van der Waals surface area contributed by atoms with Gasteiger partial charge in [-0.15, -0.1) is 0 Å².